The minimum Gasteiger partial charge on any atom is -0.566 e. The molecule has 1 unspecified atom stereocenters. The van der Waals surface area contributed by atoms with Crippen molar-refractivity contribution in [3.63, 3.8) is 0 Å². The van der Waals surface area contributed by atoms with Crippen molar-refractivity contribution in [3.05, 3.63) is 40.6 Å². The van der Waals surface area contributed by atoms with Crippen molar-refractivity contribution >= 4 is 11.8 Å². The minimum absolute atomic E-state index is 0.0516. The molecule has 0 radical (unpaired) electrons. The van der Waals surface area contributed by atoms with Crippen LogP contribution in [0.5, 0.6) is 0 Å². The number of carboxylic acid groups (broad SMARTS) is 1. The zero-order valence-electron chi connectivity index (χ0n) is 8.04. The van der Waals surface area contributed by atoms with E-state index in [4.69, 9.17) is 10.3 Å². The van der Waals surface area contributed by atoms with Crippen molar-refractivity contribution in [2.75, 3.05) is 6.61 Å². The molecule has 7 heteroatoms. The molecule has 0 aliphatic carbocycles. The van der Waals surface area contributed by atoms with E-state index in [9.17, 15) is 14.8 Å². The van der Waals surface area contributed by atoms with Gasteiger partial charge in [0.25, 0.3) is 0 Å². The van der Waals surface area contributed by atoms with Crippen LogP contribution in [0.2, 0.25) is 0 Å². The number of hydrogen-bond acceptors (Lipinski definition) is 5. The predicted molar refractivity (Wildman–Crippen MR) is 49.8 cm³/mol. The first kappa shape index (κ1) is 12.3. The van der Waals surface area contributed by atoms with Crippen LogP contribution in [0, 0.1) is 5.21 Å². The Kier molecular flexibility index (Phi) is 4.09. The van der Waals surface area contributed by atoms with Crippen LogP contribution in [-0.4, -0.2) is 28.7 Å². The normalized spacial score (nSPS) is 12.1. The van der Waals surface area contributed by atoms with E-state index < -0.39 is 23.7 Å². The van der Waals surface area contributed by atoms with Crippen LogP contribution in [0.3, 0.4) is 0 Å². The van der Waals surface area contributed by atoms with Gasteiger partial charge in [-0.3, -0.25) is 4.79 Å². The third kappa shape index (κ3) is 3.41. The van der Waals surface area contributed by atoms with Gasteiger partial charge in [0, 0.05) is 5.56 Å². The fourth-order valence-electron chi connectivity index (χ4n) is 1.01. The second-order valence-corrected chi connectivity index (χ2v) is 2.86. The van der Waals surface area contributed by atoms with E-state index in [1.807, 2.05) is 0 Å². The lowest BCUT2D eigenvalue weighted by Crippen LogP contribution is -3.03. The molecular weight excluding hydrogens is 218 g/mol. The van der Waals surface area contributed by atoms with Gasteiger partial charge in [-0.25, -0.2) is 4.79 Å². The van der Waals surface area contributed by atoms with Crippen molar-refractivity contribution in [1.82, 2.24) is 0 Å². The highest BCUT2D eigenvalue weighted by Gasteiger charge is 2.09. The van der Waals surface area contributed by atoms with Gasteiger partial charge in [-0.2, -0.15) is 10.0 Å². The topological polar surface area (TPSA) is 111 Å². The molecule has 0 fully saturated rings. The number of aromatic carboxylic acids is 1. The van der Waals surface area contributed by atoms with E-state index in [1.54, 1.807) is 0 Å². The van der Waals surface area contributed by atoms with E-state index in [0.29, 0.717) is 0 Å². The molecule has 0 saturated heterocycles. The molecule has 0 saturated carbocycles. The fourth-order valence-corrected chi connectivity index (χ4v) is 1.01. The smallest absolute Gasteiger partial charge is 0.335 e. The number of hydrogen-bond donors (Lipinski definition) is 3. The van der Waals surface area contributed by atoms with Gasteiger partial charge in [0.1, 0.15) is 0 Å². The van der Waals surface area contributed by atoms with Crippen LogP contribution in [-0.2, 0) is 4.84 Å². The molecule has 0 aromatic heterocycles. The van der Waals surface area contributed by atoms with Crippen LogP contribution in [0.25, 0.3) is 0 Å². The summed E-state index contributed by atoms with van der Waals surface area (Å²) in [6.45, 7) is -0.582. The Labute approximate surface area is 90.0 Å². The zero-order valence-corrected chi connectivity index (χ0v) is 8.04. The standard InChI is InChI=1S/C9H9NO6/c11-8(5-16-10(14)15)6-1-3-7(4-2-6)9(12)13/h1-4,10,14H,5H2,(H,12,13). The van der Waals surface area contributed by atoms with Crippen LogP contribution in [0.4, 0.5) is 0 Å². The second-order valence-electron chi connectivity index (χ2n) is 2.86. The number of Topliss-reactive ketones (excluding diaryl/α,β-unsaturated/α-hetero) is 1. The molecule has 0 heterocycles. The third-order valence-electron chi connectivity index (χ3n) is 1.78. The van der Waals surface area contributed by atoms with Gasteiger partial charge < -0.3 is 10.3 Å². The first-order chi connectivity index (χ1) is 7.50. The molecule has 0 aliphatic rings. The third-order valence-corrected chi connectivity index (χ3v) is 1.78. The van der Waals surface area contributed by atoms with Gasteiger partial charge >= 0.3 is 5.97 Å². The largest absolute Gasteiger partial charge is 0.566 e. The maximum absolute atomic E-state index is 11.3. The van der Waals surface area contributed by atoms with E-state index in [1.165, 1.54) is 24.3 Å². The maximum Gasteiger partial charge on any atom is 0.335 e. The first-order valence-corrected chi connectivity index (χ1v) is 4.23. The van der Waals surface area contributed by atoms with Crippen molar-refractivity contribution < 1.29 is 30.1 Å². The van der Waals surface area contributed by atoms with Gasteiger partial charge in [-0.1, -0.05) is 17.5 Å². The highest BCUT2D eigenvalue weighted by atomic mass is 17.1. The van der Waals surface area contributed by atoms with Gasteiger partial charge in [0.2, 0.25) is 0 Å². The maximum atomic E-state index is 11.3. The van der Waals surface area contributed by atoms with Crippen LogP contribution in [0.15, 0.2) is 24.3 Å². The Morgan fingerprint density at radius 2 is 1.75 bits per heavy atom. The van der Waals surface area contributed by atoms with Gasteiger partial charge in [0.05, 0.1) is 5.56 Å². The van der Waals surface area contributed by atoms with Gasteiger partial charge in [-0.15, -0.1) is 0 Å². The van der Waals surface area contributed by atoms with Crippen LogP contribution < -0.4 is 5.39 Å². The van der Waals surface area contributed by atoms with Crippen molar-refractivity contribution in [2.45, 2.75) is 0 Å². The average Bonchev–Trinajstić information content (AvgIpc) is 2.26. The lowest BCUT2D eigenvalue weighted by atomic mass is 10.1. The van der Waals surface area contributed by atoms with Gasteiger partial charge in [0.15, 0.2) is 12.4 Å². The highest BCUT2D eigenvalue weighted by Crippen LogP contribution is 2.05. The molecule has 1 atom stereocenters. The second kappa shape index (κ2) is 5.33. The van der Waals surface area contributed by atoms with Crippen molar-refractivity contribution in [2.24, 2.45) is 0 Å². The first-order valence-electron chi connectivity index (χ1n) is 4.23. The summed E-state index contributed by atoms with van der Waals surface area (Å²) in [6, 6.07) is 5.13. The summed E-state index contributed by atoms with van der Waals surface area (Å²) in [5.41, 5.74) is 0.252. The Morgan fingerprint density at radius 1 is 1.25 bits per heavy atom. The number of nitrogens with one attached hydrogen (secondary N) is 1. The number of carbonyl (C=O) groups excluding carboxylic acids is 1. The van der Waals surface area contributed by atoms with Gasteiger partial charge in [-0.05, 0) is 12.1 Å². The number of ketones is 1. The number of quaternary nitrogens is 1. The highest BCUT2D eigenvalue weighted by molar-refractivity contribution is 5.98. The van der Waals surface area contributed by atoms with Crippen molar-refractivity contribution in [1.29, 1.82) is 0 Å². The summed E-state index contributed by atoms with van der Waals surface area (Å²) in [5, 5.41) is 25.3. The summed E-state index contributed by atoms with van der Waals surface area (Å²) in [6.07, 6.45) is 0. The molecule has 7 nitrogen and oxygen atoms in total. The van der Waals surface area contributed by atoms with Crippen LogP contribution >= 0.6 is 0 Å². The molecule has 0 aliphatic heterocycles. The van der Waals surface area contributed by atoms with E-state index >= 15 is 0 Å². The molecule has 1 rings (SSSR count). The molecule has 16 heavy (non-hydrogen) atoms. The SMILES string of the molecule is O=C(O)c1ccc(C(=O)CO[NH+]([O-])O)cc1. The average molecular weight is 227 g/mol. The summed E-state index contributed by atoms with van der Waals surface area (Å²) < 4.78 is 0. The molecule has 0 spiro atoms. The minimum atomic E-state index is -1.53. The fraction of sp³-hybridized carbons (Fsp3) is 0.111. The number of benzene rings is 1. The number of rotatable bonds is 5. The summed E-state index contributed by atoms with van der Waals surface area (Å²) in [7, 11) is 0. The summed E-state index contributed by atoms with van der Waals surface area (Å²) >= 11 is 0. The number of carboxylic acids is 1. The summed E-state index contributed by atoms with van der Waals surface area (Å²) in [4.78, 5) is 25.9. The quantitative estimate of drug-likeness (QED) is 0.451. The van der Waals surface area contributed by atoms with E-state index in [0.717, 1.165) is 0 Å². The molecule has 0 amide bonds. The lowest BCUT2D eigenvalue weighted by Gasteiger charge is -2.09. The van der Waals surface area contributed by atoms with E-state index in [-0.39, 0.29) is 11.1 Å². The molecule has 1 aromatic rings. The molecule has 1 aromatic carbocycles. The Bertz CT molecular complexity index is 385. The Balaban J connectivity index is 2.67. The molecule has 0 bridgehead atoms. The predicted octanol–water partition coefficient (Wildman–Crippen LogP) is -0.729. The Hall–Kier alpha value is -1.80. The zero-order chi connectivity index (χ0) is 12.1. The molecular formula is C9H9NO6. The monoisotopic (exact) mass is 227 g/mol. The lowest BCUT2D eigenvalue weighted by molar-refractivity contribution is -1.20. The Morgan fingerprint density at radius 3 is 2.19 bits per heavy atom. The summed E-state index contributed by atoms with van der Waals surface area (Å²) in [5.74, 6) is -1.62. The van der Waals surface area contributed by atoms with Crippen LogP contribution in [0.1, 0.15) is 20.7 Å². The molecule has 86 valence electrons. The molecule has 3 N–H and O–H groups in total. The number of carbonyl (C=O) groups is 2. The van der Waals surface area contributed by atoms with Crippen molar-refractivity contribution in [3.8, 4) is 0 Å². The van der Waals surface area contributed by atoms with E-state index in [2.05, 4.69) is 4.84 Å².